The molecule has 13 heteroatoms. The number of hydrogen-bond donors (Lipinski definition) is 3. The maximum absolute atomic E-state index is 12.8. The van der Waals surface area contributed by atoms with Crippen LogP contribution in [0.5, 0.6) is 5.75 Å². The monoisotopic (exact) mass is 468 g/mol. The highest BCUT2D eigenvalue weighted by molar-refractivity contribution is 5.76. The molecule has 33 heavy (non-hydrogen) atoms. The summed E-state index contributed by atoms with van der Waals surface area (Å²) in [5, 5.41) is 22.0. The van der Waals surface area contributed by atoms with Gasteiger partial charge in [-0.05, 0) is 37.0 Å². The lowest BCUT2D eigenvalue weighted by Gasteiger charge is -2.60. The number of likely N-dealkylation sites (tertiary alicyclic amines) is 2. The van der Waals surface area contributed by atoms with Crippen LogP contribution in [0.2, 0.25) is 0 Å². The molecule has 2 fully saturated rings. The van der Waals surface area contributed by atoms with Gasteiger partial charge in [0.2, 0.25) is 0 Å². The van der Waals surface area contributed by atoms with Gasteiger partial charge >= 0.3 is 18.5 Å². The number of carbonyl (C=O) groups is 2. The summed E-state index contributed by atoms with van der Waals surface area (Å²) >= 11 is 0. The lowest BCUT2D eigenvalue weighted by Crippen LogP contribution is -2.70. The first-order valence-corrected chi connectivity index (χ1v) is 10.4. The van der Waals surface area contributed by atoms with E-state index in [4.69, 9.17) is 0 Å². The Morgan fingerprint density at radius 3 is 2.52 bits per heavy atom. The third-order valence-electron chi connectivity index (χ3n) is 6.33. The van der Waals surface area contributed by atoms with Crippen LogP contribution in [0.15, 0.2) is 30.5 Å². The van der Waals surface area contributed by atoms with E-state index in [-0.39, 0.29) is 29.8 Å². The van der Waals surface area contributed by atoms with Crippen molar-refractivity contribution in [2.75, 3.05) is 19.6 Å². The molecule has 10 nitrogen and oxygen atoms in total. The van der Waals surface area contributed by atoms with Crippen molar-refractivity contribution in [1.29, 1.82) is 0 Å². The number of carboxylic acid groups (broad SMARTS) is 1. The number of H-pyrrole nitrogens is 1. The molecule has 0 saturated carbocycles. The van der Waals surface area contributed by atoms with E-state index >= 15 is 0 Å². The summed E-state index contributed by atoms with van der Waals surface area (Å²) in [7, 11) is 0. The SMILES string of the molecule is O=C(O)N1CCC2(CC1)CN(C(=O)NCc1c[nH]nn1)C2Cc1ccc(OC(F)(F)F)cc1. The van der Waals surface area contributed by atoms with Crippen LogP contribution in [-0.4, -0.2) is 74.5 Å². The number of aromatic amines is 1. The predicted molar refractivity (Wildman–Crippen MR) is 107 cm³/mol. The molecule has 1 aromatic heterocycles. The van der Waals surface area contributed by atoms with Gasteiger partial charge < -0.3 is 25.0 Å². The average molecular weight is 468 g/mol. The summed E-state index contributed by atoms with van der Waals surface area (Å²) in [6.45, 7) is 1.42. The molecule has 0 radical (unpaired) electrons. The summed E-state index contributed by atoms with van der Waals surface area (Å²) in [6.07, 6.45) is -2.53. The average Bonchev–Trinajstić information content (AvgIpc) is 3.28. The van der Waals surface area contributed by atoms with Gasteiger partial charge in [0.15, 0.2) is 0 Å². The molecule has 1 atom stereocenters. The number of alkyl halides is 3. The predicted octanol–water partition coefficient (Wildman–Crippen LogP) is 2.60. The summed E-state index contributed by atoms with van der Waals surface area (Å²) < 4.78 is 41.2. The van der Waals surface area contributed by atoms with Crippen LogP contribution in [0.4, 0.5) is 22.8 Å². The van der Waals surface area contributed by atoms with Gasteiger partial charge in [0.1, 0.15) is 11.4 Å². The number of nitrogens with zero attached hydrogens (tertiary/aromatic N) is 4. The molecular weight excluding hydrogens is 445 g/mol. The largest absolute Gasteiger partial charge is 0.573 e. The number of amides is 3. The molecule has 3 heterocycles. The Kier molecular flexibility index (Phi) is 6.04. The van der Waals surface area contributed by atoms with Gasteiger partial charge in [-0.25, -0.2) is 9.59 Å². The lowest BCUT2D eigenvalue weighted by molar-refractivity contribution is -0.274. The van der Waals surface area contributed by atoms with Crippen LogP contribution < -0.4 is 10.1 Å². The molecule has 0 bridgehead atoms. The highest BCUT2D eigenvalue weighted by Crippen LogP contribution is 2.47. The molecule has 1 spiro atoms. The summed E-state index contributed by atoms with van der Waals surface area (Å²) in [4.78, 5) is 27.2. The van der Waals surface area contributed by atoms with Crippen molar-refractivity contribution in [2.24, 2.45) is 5.41 Å². The second-order valence-corrected chi connectivity index (χ2v) is 8.30. The number of halogens is 3. The number of carbonyl (C=O) groups excluding carboxylic acids is 1. The third kappa shape index (κ3) is 5.12. The molecule has 3 N–H and O–H groups in total. The first-order valence-electron chi connectivity index (χ1n) is 10.4. The molecular formula is C20H23F3N6O4. The normalized spacial score (nSPS) is 19.8. The number of urea groups is 1. The van der Waals surface area contributed by atoms with E-state index in [9.17, 15) is 27.9 Å². The first-order chi connectivity index (χ1) is 15.7. The highest BCUT2D eigenvalue weighted by atomic mass is 19.4. The van der Waals surface area contributed by atoms with Gasteiger partial charge in [0.05, 0.1) is 6.54 Å². The fourth-order valence-electron chi connectivity index (χ4n) is 4.58. The van der Waals surface area contributed by atoms with Crippen LogP contribution in [-0.2, 0) is 13.0 Å². The summed E-state index contributed by atoms with van der Waals surface area (Å²) in [5.41, 5.74) is 1.08. The van der Waals surface area contributed by atoms with E-state index in [0.29, 0.717) is 44.6 Å². The van der Waals surface area contributed by atoms with Crippen molar-refractivity contribution in [3.05, 3.63) is 41.7 Å². The van der Waals surface area contributed by atoms with Crippen LogP contribution in [0.25, 0.3) is 0 Å². The van der Waals surface area contributed by atoms with Gasteiger partial charge in [-0.3, -0.25) is 5.10 Å². The van der Waals surface area contributed by atoms with Crippen molar-refractivity contribution >= 4 is 12.1 Å². The third-order valence-corrected chi connectivity index (χ3v) is 6.33. The van der Waals surface area contributed by atoms with Crippen molar-refractivity contribution in [3.8, 4) is 5.75 Å². The Morgan fingerprint density at radius 1 is 1.24 bits per heavy atom. The standard InChI is InChI=1S/C20H23F3N6O4/c21-20(22,23)33-15-3-1-13(2-4-15)9-16-19(5-7-28(8-6-19)18(31)32)12-29(16)17(30)24-10-14-11-25-27-26-14/h1-4,11,16H,5-10,12H2,(H,24,30)(H,31,32)(H,25,26,27). The lowest BCUT2D eigenvalue weighted by atomic mass is 9.63. The Morgan fingerprint density at radius 2 is 1.94 bits per heavy atom. The van der Waals surface area contributed by atoms with E-state index < -0.39 is 12.5 Å². The number of aromatic nitrogens is 3. The number of ether oxygens (including phenoxy) is 1. The molecule has 1 unspecified atom stereocenters. The fraction of sp³-hybridized carbons (Fsp3) is 0.500. The van der Waals surface area contributed by atoms with Gasteiger partial charge in [-0.1, -0.05) is 17.3 Å². The maximum atomic E-state index is 12.8. The van der Waals surface area contributed by atoms with Crippen LogP contribution in [0.1, 0.15) is 24.1 Å². The Balaban J connectivity index is 1.46. The number of nitrogens with one attached hydrogen (secondary N) is 2. The molecule has 1 aromatic carbocycles. The number of piperidine rings is 1. The smallest absolute Gasteiger partial charge is 0.465 e. The molecule has 0 aliphatic carbocycles. The zero-order valence-electron chi connectivity index (χ0n) is 17.5. The molecule has 178 valence electrons. The van der Waals surface area contributed by atoms with E-state index in [1.165, 1.54) is 17.0 Å². The second kappa shape index (κ2) is 8.79. The molecule has 3 amide bonds. The van der Waals surface area contributed by atoms with Crippen LogP contribution in [0.3, 0.4) is 0 Å². The second-order valence-electron chi connectivity index (χ2n) is 8.30. The molecule has 2 saturated heterocycles. The summed E-state index contributed by atoms with van der Waals surface area (Å²) in [5.74, 6) is -0.313. The zero-order valence-corrected chi connectivity index (χ0v) is 17.5. The number of hydrogen-bond acceptors (Lipinski definition) is 5. The van der Waals surface area contributed by atoms with Crippen LogP contribution in [0, 0.1) is 5.41 Å². The molecule has 4 rings (SSSR count). The van der Waals surface area contributed by atoms with Gasteiger partial charge in [0, 0.05) is 37.3 Å². The van der Waals surface area contributed by atoms with Crippen molar-refractivity contribution < 1.29 is 32.6 Å². The minimum Gasteiger partial charge on any atom is -0.465 e. The van der Waals surface area contributed by atoms with Crippen LogP contribution >= 0.6 is 0 Å². The minimum atomic E-state index is -4.77. The van der Waals surface area contributed by atoms with Gasteiger partial charge in [-0.2, -0.15) is 0 Å². The van der Waals surface area contributed by atoms with Gasteiger partial charge in [-0.15, -0.1) is 18.3 Å². The minimum absolute atomic E-state index is 0.196. The number of benzene rings is 1. The van der Waals surface area contributed by atoms with E-state index in [0.717, 1.165) is 5.56 Å². The molecule has 2 aromatic rings. The van der Waals surface area contributed by atoms with Gasteiger partial charge in [0.25, 0.3) is 0 Å². The van der Waals surface area contributed by atoms with Crippen molar-refractivity contribution in [1.82, 2.24) is 30.5 Å². The molecule has 2 aliphatic rings. The quantitative estimate of drug-likeness (QED) is 0.620. The van der Waals surface area contributed by atoms with E-state index in [2.05, 4.69) is 25.5 Å². The molecule has 2 aliphatic heterocycles. The topological polar surface area (TPSA) is 124 Å². The Bertz CT molecular complexity index is 975. The first kappa shape index (κ1) is 22.7. The Hall–Kier alpha value is -3.51. The van der Waals surface area contributed by atoms with Crippen molar-refractivity contribution in [3.63, 3.8) is 0 Å². The number of rotatable bonds is 5. The van der Waals surface area contributed by atoms with E-state index in [1.807, 2.05) is 0 Å². The van der Waals surface area contributed by atoms with E-state index in [1.54, 1.807) is 23.2 Å². The zero-order chi connectivity index (χ0) is 23.6. The fourth-order valence-corrected chi connectivity index (χ4v) is 4.58. The van der Waals surface area contributed by atoms with Crippen molar-refractivity contribution in [2.45, 2.75) is 38.2 Å². The highest BCUT2D eigenvalue weighted by Gasteiger charge is 2.55. The Labute approximate surface area is 186 Å². The maximum Gasteiger partial charge on any atom is 0.573 e. The summed E-state index contributed by atoms with van der Waals surface area (Å²) in [6, 6.07) is 5.08.